The Morgan fingerprint density at radius 3 is 2.62 bits per heavy atom. The molecule has 0 bridgehead atoms. The van der Waals surface area contributed by atoms with Crippen LogP contribution in [0.15, 0.2) is 52.2 Å². The number of hydrogen-bond donors (Lipinski definition) is 1. The summed E-state index contributed by atoms with van der Waals surface area (Å²) in [5.74, 6) is -0.0939. The summed E-state index contributed by atoms with van der Waals surface area (Å²) in [5, 5.41) is 0.415. The second-order valence-corrected chi connectivity index (χ2v) is 9.90. The number of thiazole rings is 1. The van der Waals surface area contributed by atoms with Crippen LogP contribution in [0.3, 0.4) is 0 Å². The van der Waals surface area contributed by atoms with Crippen molar-refractivity contribution in [2.24, 2.45) is 0 Å². The topological polar surface area (TPSA) is 88.5 Å². The van der Waals surface area contributed by atoms with Crippen molar-refractivity contribution in [2.45, 2.75) is 24.3 Å². The summed E-state index contributed by atoms with van der Waals surface area (Å²) >= 11 is 6.83. The van der Waals surface area contributed by atoms with Crippen LogP contribution in [0, 0.1) is 0 Å². The van der Waals surface area contributed by atoms with Crippen molar-refractivity contribution in [3.05, 3.63) is 57.2 Å². The number of halogens is 1. The summed E-state index contributed by atoms with van der Waals surface area (Å²) in [7, 11) is -3.85. The molecule has 1 aromatic heterocycles. The molecule has 3 aromatic rings. The number of rotatable bonds is 5. The normalized spacial score (nSPS) is 14.4. The molecule has 1 amide bonds. The first-order valence-electron chi connectivity index (χ1n) is 9.03. The Labute approximate surface area is 176 Å². The number of nitrogens with zero attached hydrogens (tertiary/aromatic N) is 2. The van der Waals surface area contributed by atoms with Crippen LogP contribution in [0.4, 0.5) is 5.69 Å². The van der Waals surface area contributed by atoms with Gasteiger partial charge >= 0.3 is 4.87 Å². The number of aromatic nitrogens is 1. The number of amides is 1. The summed E-state index contributed by atoms with van der Waals surface area (Å²) in [6.45, 7) is 1.39. The number of nitrogens with one attached hydrogen (secondary N) is 1. The fourth-order valence-corrected chi connectivity index (χ4v) is 5.60. The molecule has 10 heteroatoms. The van der Waals surface area contributed by atoms with Crippen LogP contribution in [0.2, 0.25) is 5.02 Å². The number of sulfonamides is 1. The molecule has 1 fully saturated rings. The van der Waals surface area contributed by atoms with Gasteiger partial charge in [0.2, 0.25) is 5.91 Å². The van der Waals surface area contributed by atoms with Crippen LogP contribution in [-0.2, 0) is 21.4 Å². The van der Waals surface area contributed by atoms with Gasteiger partial charge < -0.3 is 4.90 Å². The SMILES string of the molecule is O=C(Cn1c(=O)sc2cc(S(=O)(=O)Nc3cccc(Cl)c3)ccc21)N1CCCC1. The van der Waals surface area contributed by atoms with E-state index in [1.54, 1.807) is 29.2 Å². The van der Waals surface area contributed by atoms with E-state index in [0.29, 0.717) is 34.0 Å². The second-order valence-electron chi connectivity index (χ2n) is 6.79. The first kappa shape index (κ1) is 19.9. The van der Waals surface area contributed by atoms with Gasteiger partial charge in [0, 0.05) is 18.1 Å². The second kappa shape index (κ2) is 7.81. The van der Waals surface area contributed by atoms with E-state index in [0.717, 1.165) is 24.2 Å². The highest BCUT2D eigenvalue weighted by Gasteiger charge is 2.21. The molecule has 2 aromatic carbocycles. The molecule has 0 aliphatic carbocycles. The molecule has 1 N–H and O–H groups in total. The van der Waals surface area contributed by atoms with Gasteiger partial charge in [0.15, 0.2) is 0 Å². The van der Waals surface area contributed by atoms with Gasteiger partial charge in [0.25, 0.3) is 10.0 Å². The highest BCUT2D eigenvalue weighted by atomic mass is 35.5. The third kappa shape index (κ3) is 4.17. The average Bonchev–Trinajstić information content (AvgIpc) is 3.30. The Kier molecular flexibility index (Phi) is 5.37. The third-order valence-corrected chi connectivity index (χ3v) is 7.33. The third-order valence-electron chi connectivity index (χ3n) is 4.78. The molecule has 4 rings (SSSR count). The van der Waals surface area contributed by atoms with Gasteiger partial charge in [0.05, 0.1) is 20.8 Å². The number of benzene rings is 2. The van der Waals surface area contributed by atoms with Gasteiger partial charge in [-0.15, -0.1) is 0 Å². The number of hydrogen-bond acceptors (Lipinski definition) is 5. The molecule has 29 heavy (non-hydrogen) atoms. The maximum atomic E-state index is 12.7. The van der Waals surface area contributed by atoms with E-state index < -0.39 is 10.0 Å². The minimum Gasteiger partial charge on any atom is -0.341 e. The molecule has 2 heterocycles. The van der Waals surface area contributed by atoms with Gasteiger partial charge in [0.1, 0.15) is 6.54 Å². The molecule has 1 aliphatic heterocycles. The Balaban J connectivity index is 1.63. The fourth-order valence-electron chi connectivity index (χ4n) is 3.33. The predicted molar refractivity (Wildman–Crippen MR) is 114 cm³/mol. The van der Waals surface area contributed by atoms with Crippen LogP contribution in [0.25, 0.3) is 10.2 Å². The summed E-state index contributed by atoms with van der Waals surface area (Å²) in [6, 6.07) is 10.8. The lowest BCUT2D eigenvalue weighted by Gasteiger charge is -2.15. The molecule has 0 unspecified atom stereocenters. The van der Waals surface area contributed by atoms with Gasteiger partial charge in [-0.05, 0) is 49.2 Å². The van der Waals surface area contributed by atoms with Crippen LogP contribution in [0.1, 0.15) is 12.8 Å². The molecule has 7 nitrogen and oxygen atoms in total. The van der Waals surface area contributed by atoms with E-state index >= 15 is 0 Å². The molecule has 0 radical (unpaired) electrons. The number of anilines is 1. The summed E-state index contributed by atoms with van der Waals surface area (Å²) in [6.07, 6.45) is 1.96. The first-order chi connectivity index (χ1) is 13.8. The van der Waals surface area contributed by atoms with E-state index in [2.05, 4.69) is 4.72 Å². The maximum absolute atomic E-state index is 12.7. The highest BCUT2D eigenvalue weighted by molar-refractivity contribution is 7.92. The van der Waals surface area contributed by atoms with Gasteiger partial charge in [-0.2, -0.15) is 0 Å². The molecule has 152 valence electrons. The number of carbonyl (C=O) groups excluding carboxylic acids is 1. The van der Waals surface area contributed by atoms with Crippen LogP contribution < -0.4 is 9.60 Å². The van der Waals surface area contributed by atoms with Gasteiger partial charge in [-0.25, -0.2) is 8.42 Å². The zero-order valence-electron chi connectivity index (χ0n) is 15.3. The van der Waals surface area contributed by atoms with Crippen molar-refractivity contribution < 1.29 is 13.2 Å². The lowest BCUT2D eigenvalue weighted by molar-refractivity contribution is -0.130. The lowest BCUT2D eigenvalue weighted by atomic mass is 10.3. The summed E-state index contributed by atoms with van der Waals surface area (Å²) < 4.78 is 29.8. The molecule has 0 atom stereocenters. The lowest BCUT2D eigenvalue weighted by Crippen LogP contribution is -2.33. The zero-order chi connectivity index (χ0) is 20.6. The Morgan fingerprint density at radius 2 is 1.90 bits per heavy atom. The Morgan fingerprint density at radius 1 is 1.14 bits per heavy atom. The number of likely N-dealkylation sites (tertiary alicyclic amines) is 1. The average molecular weight is 452 g/mol. The Hall–Kier alpha value is -2.36. The largest absolute Gasteiger partial charge is 0.341 e. The van der Waals surface area contributed by atoms with E-state index in [9.17, 15) is 18.0 Å². The summed E-state index contributed by atoms with van der Waals surface area (Å²) in [5.41, 5.74) is 0.897. The van der Waals surface area contributed by atoms with E-state index in [-0.39, 0.29) is 22.2 Å². The van der Waals surface area contributed by atoms with Crippen LogP contribution in [0.5, 0.6) is 0 Å². The smallest absolute Gasteiger partial charge is 0.308 e. The van der Waals surface area contributed by atoms with Gasteiger partial charge in [-0.3, -0.25) is 18.9 Å². The van der Waals surface area contributed by atoms with Crippen LogP contribution >= 0.6 is 22.9 Å². The predicted octanol–water partition coefficient (Wildman–Crippen LogP) is 3.14. The monoisotopic (exact) mass is 451 g/mol. The Bertz CT molecular complexity index is 1240. The maximum Gasteiger partial charge on any atom is 0.308 e. The fraction of sp³-hybridized carbons (Fsp3) is 0.263. The summed E-state index contributed by atoms with van der Waals surface area (Å²) in [4.78, 5) is 26.3. The van der Waals surface area contributed by atoms with E-state index in [4.69, 9.17) is 11.6 Å². The highest BCUT2D eigenvalue weighted by Crippen LogP contribution is 2.24. The minimum atomic E-state index is -3.85. The molecule has 0 saturated carbocycles. The van der Waals surface area contributed by atoms with Crippen molar-refractivity contribution in [1.29, 1.82) is 0 Å². The molecular weight excluding hydrogens is 434 g/mol. The van der Waals surface area contributed by atoms with Crippen molar-refractivity contribution in [2.75, 3.05) is 17.8 Å². The van der Waals surface area contributed by atoms with Gasteiger partial charge in [-0.1, -0.05) is 29.0 Å². The van der Waals surface area contributed by atoms with Crippen molar-refractivity contribution >= 4 is 54.8 Å². The zero-order valence-corrected chi connectivity index (χ0v) is 17.7. The van der Waals surface area contributed by atoms with E-state index in [1.165, 1.54) is 22.8 Å². The molecule has 1 aliphatic rings. The quantitative estimate of drug-likeness (QED) is 0.645. The van der Waals surface area contributed by atoms with E-state index in [1.807, 2.05) is 0 Å². The minimum absolute atomic E-state index is 0.0317. The first-order valence-corrected chi connectivity index (χ1v) is 11.7. The van der Waals surface area contributed by atoms with Crippen LogP contribution in [-0.4, -0.2) is 36.9 Å². The number of fused-ring (bicyclic) bond motifs is 1. The molecule has 0 spiro atoms. The van der Waals surface area contributed by atoms with Crippen molar-refractivity contribution in [3.63, 3.8) is 0 Å². The van der Waals surface area contributed by atoms with Crippen molar-refractivity contribution in [3.8, 4) is 0 Å². The molecule has 1 saturated heterocycles. The standard InChI is InChI=1S/C19H18ClN3O4S2/c20-13-4-3-5-14(10-13)21-29(26,27)15-6-7-16-17(11-15)28-19(25)23(16)12-18(24)22-8-1-2-9-22/h3-7,10-11,21H,1-2,8-9,12H2. The number of carbonyl (C=O) groups is 1. The van der Waals surface area contributed by atoms with Crippen molar-refractivity contribution in [1.82, 2.24) is 9.47 Å². The molecular formula is C19H18ClN3O4S2.